The SMILES string of the molecule is CS(=O)c1ccc(OC(F)(F)F)c(Oc2ccc(-n3ncc(NCC4CCCOC4)c(Cl)c3=O)cn2)c1. The molecule has 4 rings (SSSR count). The fourth-order valence-electron chi connectivity index (χ4n) is 3.59. The fraction of sp³-hybridized carbons (Fsp3) is 0.348. The lowest BCUT2D eigenvalue weighted by atomic mass is 10.0. The summed E-state index contributed by atoms with van der Waals surface area (Å²) in [6, 6.07) is 6.19. The van der Waals surface area contributed by atoms with E-state index in [0.29, 0.717) is 24.8 Å². The average molecular weight is 559 g/mol. The van der Waals surface area contributed by atoms with Crippen LogP contribution < -0.4 is 20.3 Å². The summed E-state index contributed by atoms with van der Waals surface area (Å²) in [6.07, 6.45) is 1.08. The molecule has 1 aromatic carbocycles. The number of benzene rings is 1. The summed E-state index contributed by atoms with van der Waals surface area (Å²) in [5, 5.41) is 7.22. The predicted octanol–water partition coefficient (Wildman–Crippen LogP) is 4.55. The molecule has 37 heavy (non-hydrogen) atoms. The van der Waals surface area contributed by atoms with E-state index < -0.39 is 28.5 Å². The third-order valence-electron chi connectivity index (χ3n) is 5.41. The third kappa shape index (κ3) is 6.99. The molecule has 2 unspecified atom stereocenters. The molecule has 14 heteroatoms. The standard InChI is InChI=1S/C23H22ClF3N4O5S/c1-37(33)16-5-6-18(36-23(25,26)27)19(9-16)35-20-7-4-15(11-29-20)31-22(32)21(24)17(12-30-31)28-10-14-3-2-8-34-13-14/h4-7,9,11-12,14,28H,2-3,8,10,13H2,1H3. The molecule has 1 saturated heterocycles. The Balaban J connectivity index is 1.51. The molecule has 0 amide bonds. The maximum absolute atomic E-state index is 12.8. The number of alkyl halides is 3. The van der Waals surface area contributed by atoms with Crippen molar-refractivity contribution in [3.8, 4) is 23.1 Å². The van der Waals surface area contributed by atoms with Gasteiger partial charge in [0.15, 0.2) is 11.5 Å². The Morgan fingerprint density at radius 2 is 2.05 bits per heavy atom. The van der Waals surface area contributed by atoms with Crippen LogP contribution in [0.3, 0.4) is 0 Å². The highest BCUT2D eigenvalue weighted by molar-refractivity contribution is 7.84. The van der Waals surface area contributed by atoms with Gasteiger partial charge in [-0.1, -0.05) is 11.6 Å². The number of hydrogen-bond donors (Lipinski definition) is 1. The van der Waals surface area contributed by atoms with Crippen molar-refractivity contribution < 1.29 is 31.6 Å². The van der Waals surface area contributed by atoms with E-state index in [1.54, 1.807) is 0 Å². The Labute approximate surface area is 217 Å². The van der Waals surface area contributed by atoms with Crippen molar-refractivity contribution >= 4 is 28.1 Å². The van der Waals surface area contributed by atoms with Crippen molar-refractivity contribution in [2.45, 2.75) is 24.1 Å². The molecule has 1 aliphatic rings. The number of nitrogens with one attached hydrogen (secondary N) is 1. The number of ether oxygens (including phenoxy) is 3. The topological polar surface area (TPSA) is 105 Å². The van der Waals surface area contributed by atoms with E-state index in [2.05, 4.69) is 20.1 Å². The Morgan fingerprint density at radius 3 is 2.70 bits per heavy atom. The maximum Gasteiger partial charge on any atom is 0.573 e. The summed E-state index contributed by atoms with van der Waals surface area (Å²) in [4.78, 5) is 17.1. The first-order chi connectivity index (χ1) is 17.6. The van der Waals surface area contributed by atoms with E-state index in [0.717, 1.165) is 30.2 Å². The summed E-state index contributed by atoms with van der Waals surface area (Å²) in [5.74, 6) is -0.742. The highest BCUT2D eigenvalue weighted by Gasteiger charge is 2.33. The molecule has 0 saturated carbocycles. The summed E-state index contributed by atoms with van der Waals surface area (Å²) in [5.41, 5.74) is 0.0643. The van der Waals surface area contributed by atoms with Gasteiger partial charge >= 0.3 is 6.36 Å². The van der Waals surface area contributed by atoms with E-state index in [1.165, 1.54) is 42.9 Å². The molecule has 1 N–H and O–H groups in total. The number of aromatic nitrogens is 3. The van der Waals surface area contributed by atoms with Crippen LogP contribution in [0.15, 0.2) is 52.4 Å². The molecule has 2 atom stereocenters. The average Bonchev–Trinajstić information content (AvgIpc) is 2.86. The minimum atomic E-state index is -4.96. The fourth-order valence-corrected chi connectivity index (χ4v) is 4.32. The van der Waals surface area contributed by atoms with E-state index in [-0.39, 0.29) is 27.2 Å². The van der Waals surface area contributed by atoms with Gasteiger partial charge in [-0.2, -0.15) is 9.78 Å². The van der Waals surface area contributed by atoms with Crippen molar-refractivity contribution in [3.63, 3.8) is 0 Å². The van der Waals surface area contributed by atoms with Gasteiger partial charge in [0.25, 0.3) is 5.56 Å². The van der Waals surface area contributed by atoms with Crippen LogP contribution in [0.4, 0.5) is 18.9 Å². The highest BCUT2D eigenvalue weighted by atomic mass is 35.5. The molecular weight excluding hydrogens is 537 g/mol. The number of hydrogen-bond acceptors (Lipinski definition) is 8. The van der Waals surface area contributed by atoms with E-state index in [9.17, 15) is 22.2 Å². The molecule has 0 bridgehead atoms. The van der Waals surface area contributed by atoms with Crippen LogP contribution in [-0.4, -0.2) is 51.4 Å². The lowest BCUT2D eigenvalue weighted by Crippen LogP contribution is -2.26. The zero-order valence-corrected chi connectivity index (χ0v) is 21.0. The molecule has 0 aliphatic carbocycles. The zero-order chi connectivity index (χ0) is 26.6. The van der Waals surface area contributed by atoms with Crippen molar-refractivity contribution in [1.29, 1.82) is 0 Å². The summed E-state index contributed by atoms with van der Waals surface area (Å²) < 4.78 is 66.1. The second-order valence-electron chi connectivity index (χ2n) is 8.12. The number of pyridine rings is 1. The molecule has 2 aromatic heterocycles. The van der Waals surface area contributed by atoms with Crippen LogP contribution >= 0.6 is 11.6 Å². The first-order valence-corrected chi connectivity index (χ1v) is 13.0. The molecule has 9 nitrogen and oxygen atoms in total. The summed E-state index contributed by atoms with van der Waals surface area (Å²) >= 11 is 6.27. The molecule has 3 heterocycles. The van der Waals surface area contributed by atoms with Crippen LogP contribution in [0.2, 0.25) is 5.02 Å². The lowest BCUT2D eigenvalue weighted by Gasteiger charge is -2.22. The van der Waals surface area contributed by atoms with Gasteiger partial charge in [0, 0.05) is 47.2 Å². The highest BCUT2D eigenvalue weighted by Crippen LogP contribution is 2.36. The first kappa shape index (κ1) is 26.9. The number of nitrogens with zero attached hydrogens (tertiary/aromatic N) is 3. The Morgan fingerprint density at radius 1 is 1.24 bits per heavy atom. The van der Waals surface area contributed by atoms with E-state index >= 15 is 0 Å². The number of anilines is 1. The molecular formula is C23H22ClF3N4O5S. The van der Waals surface area contributed by atoms with Crippen LogP contribution in [0.1, 0.15) is 12.8 Å². The lowest BCUT2D eigenvalue weighted by molar-refractivity contribution is -0.275. The van der Waals surface area contributed by atoms with E-state index in [1.807, 2.05) is 0 Å². The van der Waals surface area contributed by atoms with Crippen LogP contribution in [-0.2, 0) is 15.5 Å². The van der Waals surface area contributed by atoms with Gasteiger partial charge in [-0.25, -0.2) is 4.98 Å². The van der Waals surface area contributed by atoms with E-state index in [4.69, 9.17) is 21.1 Å². The van der Waals surface area contributed by atoms with Gasteiger partial charge in [-0.05, 0) is 37.0 Å². The minimum absolute atomic E-state index is 0.0506. The van der Waals surface area contributed by atoms with Crippen molar-refractivity contribution in [1.82, 2.24) is 14.8 Å². The molecule has 3 aromatic rings. The minimum Gasteiger partial charge on any atom is -0.435 e. The Kier molecular flexibility index (Phi) is 8.35. The summed E-state index contributed by atoms with van der Waals surface area (Å²) in [7, 11) is -1.47. The molecule has 0 radical (unpaired) electrons. The Bertz CT molecular complexity index is 1330. The first-order valence-electron chi connectivity index (χ1n) is 11.1. The van der Waals surface area contributed by atoms with Gasteiger partial charge in [-0.3, -0.25) is 9.00 Å². The number of rotatable bonds is 8. The largest absolute Gasteiger partial charge is 0.573 e. The zero-order valence-electron chi connectivity index (χ0n) is 19.5. The maximum atomic E-state index is 12.8. The molecule has 198 valence electrons. The smallest absolute Gasteiger partial charge is 0.435 e. The predicted molar refractivity (Wildman–Crippen MR) is 130 cm³/mol. The van der Waals surface area contributed by atoms with Crippen molar-refractivity contribution in [2.75, 3.05) is 31.3 Å². The van der Waals surface area contributed by atoms with Gasteiger partial charge in [0.05, 0.1) is 30.4 Å². The van der Waals surface area contributed by atoms with Crippen LogP contribution in [0, 0.1) is 5.92 Å². The molecule has 1 aliphatic heterocycles. The van der Waals surface area contributed by atoms with Gasteiger partial charge in [0.2, 0.25) is 5.88 Å². The van der Waals surface area contributed by atoms with Crippen LogP contribution in [0.25, 0.3) is 5.69 Å². The van der Waals surface area contributed by atoms with Gasteiger partial charge < -0.3 is 19.5 Å². The Hall–Kier alpha value is -3.16. The van der Waals surface area contributed by atoms with Crippen molar-refractivity contribution in [3.05, 3.63) is 58.1 Å². The second kappa shape index (κ2) is 11.5. The third-order valence-corrected chi connectivity index (χ3v) is 6.69. The van der Waals surface area contributed by atoms with Gasteiger partial charge in [0.1, 0.15) is 5.02 Å². The molecule has 1 fully saturated rings. The normalized spacial score (nSPS) is 16.7. The summed E-state index contributed by atoms with van der Waals surface area (Å²) in [6.45, 7) is 1.98. The molecule has 0 spiro atoms. The second-order valence-corrected chi connectivity index (χ2v) is 9.88. The quantitative estimate of drug-likeness (QED) is 0.429. The monoisotopic (exact) mass is 558 g/mol. The van der Waals surface area contributed by atoms with Crippen LogP contribution in [0.5, 0.6) is 17.4 Å². The van der Waals surface area contributed by atoms with Crippen molar-refractivity contribution in [2.24, 2.45) is 5.92 Å². The van der Waals surface area contributed by atoms with Gasteiger partial charge in [-0.15, -0.1) is 13.2 Å². The number of halogens is 4.